The van der Waals surface area contributed by atoms with Gasteiger partial charge in [-0.15, -0.1) is 0 Å². The van der Waals surface area contributed by atoms with Gasteiger partial charge in [-0.05, 0) is 48.4 Å². The first-order chi connectivity index (χ1) is 17.0. The van der Waals surface area contributed by atoms with Crippen molar-refractivity contribution in [2.75, 3.05) is 11.5 Å². The minimum atomic E-state index is -0.787. The Morgan fingerprint density at radius 1 is 0.971 bits per heavy atom. The SMILES string of the molecule is CC(C)COc1ccc(/C(O)=C2\C(=O)C(=O)N(c3ccccc3)C2c2c[nH]c3ccccc23)cc1. The van der Waals surface area contributed by atoms with E-state index >= 15 is 0 Å². The van der Waals surface area contributed by atoms with Gasteiger partial charge in [0.2, 0.25) is 0 Å². The van der Waals surface area contributed by atoms with Gasteiger partial charge < -0.3 is 14.8 Å². The second kappa shape index (κ2) is 9.14. The van der Waals surface area contributed by atoms with E-state index in [-0.39, 0.29) is 11.3 Å². The van der Waals surface area contributed by atoms with Crippen molar-refractivity contribution in [3.05, 3.63) is 102 Å². The number of nitrogens with zero attached hydrogens (tertiary/aromatic N) is 1. The van der Waals surface area contributed by atoms with Crippen LogP contribution in [0.25, 0.3) is 16.7 Å². The number of anilines is 1. The van der Waals surface area contributed by atoms with E-state index < -0.39 is 17.7 Å². The fourth-order valence-electron chi connectivity index (χ4n) is 4.43. The molecule has 1 amide bonds. The molecule has 5 rings (SSSR count). The number of amides is 1. The van der Waals surface area contributed by atoms with Gasteiger partial charge in [-0.2, -0.15) is 0 Å². The molecular weight excluding hydrogens is 440 g/mol. The molecule has 176 valence electrons. The Kier molecular flexibility index (Phi) is 5.87. The number of aliphatic hydroxyl groups is 1. The Morgan fingerprint density at radius 3 is 2.37 bits per heavy atom. The summed E-state index contributed by atoms with van der Waals surface area (Å²) < 4.78 is 5.74. The van der Waals surface area contributed by atoms with Crippen LogP contribution in [0.5, 0.6) is 5.75 Å². The zero-order chi connectivity index (χ0) is 24.5. The molecule has 4 aromatic rings. The zero-order valence-electron chi connectivity index (χ0n) is 19.6. The molecule has 0 spiro atoms. The van der Waals surface area contributed by atoms with Gasteiger partial charge in [0.05, 0.1) is 18.2 Å². The first-order valence-corrected chi connectivity index (χ1v) is 11.6. The van der Waals surface area contributed by atoms with Crippen LogP contribution in [0, 0.1) is 5.92 Å². The molecule has 1 fully saturated rings. The van der Waals surface area contributed by atoms with Gasteiger partial charge in [-0.25, -0.2) is 0 Å². The molecule has 1 aliphatic rings. The Labute approximate surface area is 203 Å². The van der Waals surface area contributed by atoms with Crippen molar-refractivity contribution in [2.45, 2.75) is 19.9 Å². The standard InChI is InChI=1S/C29H26N2O4/c1-18(2)17-35-21-14-12-19(13-15-21)27(32)25-26(23-16-30-24-11-7-6-10-22(23)24)31(29(34)28(25)33)20-8-4-3-5-9-20/h3-16,18,26,30,32H,17H2,1-2H3/b27-25+. The summed E-state index contributed by atoms with van der Waals surface area (Å²) in [6.07, 6.45) is 1.80. The lowest BCUT2D eigenvalue weighted by Crippen LogP contribution is -2.29. The predicted octanol–water partition coefficient (Wildman–Crippen LogP) is 5.83. The Balaban J connectivity index is 1.65. The van der Waals surface area contributed by atoms with Crippen molar-refractivity contribution in [1.29, 1.82) is 0 Å². The fourth-order valence-corrected chi connectivity index (χ4v) is 4.43. The third-order valence-corrected chi connectivity index (χ3v) is 6.11. The number of nitrogens with one attached hydrogen (secondary N) is 1. The molecule has 2 heterocycles. The average molecular weight is 467 g/mol. The first-order valence-electron chi connectivity index (χ1n) is 11.6. The molecule has 35 heavy (non-hydrogen) atoms. The molecular formula is C29H26N2O4. The summed E-state index contributed by atoms with van der Waals surface area (Å²) in [6, 6.07) is 22.9. The summed E-state index contributed by atoms with van der Waals surface area (Å²) in [5.74, 6) is -0.555. The average Bonchev–Trinajstić information content (AvgIpc) is 3.41. The molecule has 1 aromatic heterocycles. The van der Waals surface area contributed by atoms with E-state index in [9.17, 15) is 14.7 Å². The normalized spacial score (nSPS) is 17.5. The van der Waals surface area contributed by atoms with Crippen LogP contribution in [0.15, 0.2) is 90.6 Å². The minimum Gasteiger partial charge on any atom is -0.507 e. The number of ketones is 1. The summed E-state index contributed by atoms with van der Waals surface area (Å²) in [4.78, 5) is 31.3. The second-order valence-electron chi connectivity index (χ2n) is 9.02. The summed E-state index contributed by atoms with van der Waals surface area (Å²) in [6.45, 7) is 4.71. The van der Waals surface area contributed by atoms with Gasteiger partial charge in [0.15, 0.2) is 0 Å². The van der Waals surface area contributed by atoms with E-state index in [0.717, 1.165) is 16.5 Å². The highest BCUT2D eigenvalue weighted by atomic mass is 16.5. The van der Waals surface area contributed by atoms with Crippen LogP contribution in [0.4, 0.5) is 5.69 Å². The van der Waals surface area contributed by atoms with Crippen LogP contribution in [-0.4, -0.2) is 28.4 Å². The van der Waals surface area contributed by atoms with Crippen molar-refractivity contribution in [3.63, 3.8) is 0 Å². The molecule has 3 aromatic carbocycles. The Morgan fingerprint density at radius 2 is 1.66 bits per heavy atom. The number of carbonyl (C=O) groups is 2. The van der Waals surface area contributed by atoms with Crippen LogP contribution in [0.1, 0.15) is 31.0 Å². The Bertz CT molecular complexity index is 1420. The smallest absolute Gasteiger partial charge is 0.300 e. The monoisotopic (exact) mass is 466 g/mol. The maximum atomic E-state index is 13.3. The molecule has 0 radical (unpaired) electrons. The molecule has 6 nitrogen and oxygen atoms in total. The lowest BCUT2D eigenvalue weighted by Gasteiger charge is -2.25. The number of H-pyrrole nitrogens is 1. The maximum Gasteiger partial charge on any atom is 0.300 e. The number of benzene rings is 3. The van der Waals surface area contributed by atoms with Crippen molar-refractivity contribution in [1.82, 2.24) is 4.98 Å². The quantitative estimate of drug-likeness (QED) is 0.213. The lowest BCUT2D eigenvalue weighted by atomic mass is 9.94. The third kappa shape index (κ3) is 4.08. The van der Waals surface area contributed by atoms with Crippen LogP contribution >= 0.6 is 0 Å². The minimum absolute atomic E-state index is 0.0551. The van der Waals surface area contributed by atoms with E-state index in [4.69, 9.17) is 4.74 Å². The van der Waals surface area contributed by atoms with E-state index in [2.05, 4.69) is 18.8 Å². The van der Waals surface area contributed by atoms with Crippen LogP contribution in [0.3, 0.4) is 0 Å². The first kappa shape index (κ1) is 22.5. The van der Waals surface area contributed by atoms with Gasteiger partial charge in [-0.3, -0.25) is 14.5 Å². The van der Waals surface area contributed by atoms with Gasteiger partial charge in [0, 0.05) is 33.9 Å². The summed E-state index contributed by atoms with van der Waals surface area (Å²) >= 11 is 0. The third-order valence-electron chi connectivity index (χ3n) is 6.11. The van der Waals surface area contributed by atoms with E-state index in [1.54, 1.807) is 42.6 Å². The number of rotatable bonds is 6. The van der Waals surface area contributed by atoms with Gasteiger partial charge >= 0.3 is 0 Å². The lowest BCUT2D eigenvalue weighted by molar-refractivity contribution is -0.132. The molecule has 2 N–H and O–H groups in total. The van der Waals surface area contributed by atoms with E-state index in [0.29, 0.717) is 29.5 Å². The van der Waals surface area contributed by atoms with Gasteiger partial charge in [0.25, 0.3) is 11.7 Å². The highest BCUT2D eigenvalue weighted by Crippen LogP contribution is 2.44. The highest BCUT2D eigenvalue weighted by Gasteiger charge is 2.47. The molecule has 0 saturated carbocycles. The maximum absolute atomic E-state index is 13.3. The van der Waals surface area contributed by atoms with Crippen molar-refractivity contribution < 1.29 is 19.4 Å². The molecule has 1 saturated heterocycles. The zero-order valence-corrected chi connectivity index (χ0v) is 19.6. The molecule has 1 atom stereocenters. The fraction of sp³-hybridized carbons (Fsp3) is 0.172. The molecule has 1 unspecified atom stereocenters. The number of hydrogen-bond acceptors (Lipinski definition) is 4. The summed E-state index contributed by atoms with van der Waals surface area (Å²) in [7, 11) is 0. The number of aliphatic hydroxyl groups excluding tert-OH is 1. The number of ether oxygens (including phenoxy) is 1. The van der Waals surface area contributed by atoms with E-state index in [1.165, 1.54) is 4.90 Å². The number of aromatic amines is 1. The molecule has 1 aliphatic heterocycles. The van der Waals surface area contributed by atoms with Crippen LogP contribution in [0.2, 0.25) is 0 Å². The number of fused-ring (bicyclic) bond motifs is 1. The van der Waals surface area contributed by atoms with Crippen molar-refractivity contribution in [2.24, 2.45) is 5.92 Å². The van der Waals surface area contributed by atoms with E-state index in [1.807, 2.05) is 42.5 Å². The number of Topliss-reactive ketones (excluding diaryl/α,β-unsaturated/α-hetero) is 1. The predicted molar refractivity (Wildman–Crippen MR) is 136 cm³/mol. The largest absolute Gasteiger partial charge is 0.507 e. The molecule has 0 bridgehead atoms. The molecule has 6 heteroatoms. The number of carbonyl (C=O) groups excluding carboxylic acids is 2. The topological polar surface area (TPSA) is 82.6 Å². The molecule has 0 aliphatic carbocycles. The number of para-hydroxylation sites is 2. The van der Waals surface area contributed by atoms with Crippen LogP contribution in [-0.2, 0) is 9.59 Å². The summed E-state index contributed by atoms with van der Waals surface area (Å²) in [5, 5.41) is 12.2. The highest BCUT2D eigenvalue weighted by molar-refractivity contribution is 6.51. The van der Waals surface area contributed by atoms with Crippen molar-refractivity contribution in [3.8, 4) is 5.75 Å². The van der Waals surface area contributed by atoms with Crippen molar-refractivity contribution >= 4 is 34.0 Å². The number of hydrogen-bond donors (Lipinski definition) is 2. The van der Waals surface area contributed by atoms with Crippen LogP contribution < -0.4 is 9.64 Å². The number of aromatic nitrogens is 1. The second-order valence-corrected chi connectivity index (χ2v) is 9.02. The Hall–Kier alpha value is -4.32. The van der Waals surface area contributed by atoms with Gasteiger partial charge in [-0.1, -0.05) is 50.2 Å². The van der Waals surface area contributed by atoms with Gasteiger partial charge in [0.1, 0.15) is 11.5 Å². The summed E-state index contributed by atoms with van der Waals surface area (Å²) in [5.41, 5.74) is 2.70.